The van der Waals surface area contributed by atoms with Gasteiger partial charge < -0.3 is 4.74 Å². The molecule has 1 unspecified atom stereocenters. The summed E-state index contributed by atoms with van der Waals surface area (Å²) >= 11 is 0. The molecule has 1 N–H and O–H groups in total. The van der Waals surface area contributed by atoms with Crippen molar-refractivity contribution < 1.29 is 30.7 Å². The van der Waals surface area contributed by atoms with Crippen LogP contribution in [-0.2, 0) is 10.0 Å². The van der Waals surface area contributed by atoms with Gasteiger partial charge >= 0.3 is 6.18 Å². The topological polar surface area (TPSA) is 97.3 Å². The average Bonchev–Trinajstić information content (AvgIpc) is 2.88. The second-order valence-electron chi connectivity index (χ2n) is 8.94. The van der Waals surface area contributed by atoms with Gasteiger partial charge in [-0.15, -0.1) is 0 Å². The van der Waals surface area contributed by atoms with E-state index >= 15 is 4.39 Å². The number of alkyl halides is 3. The quantitative estimate of drug-likeness (QED) is 0.473. The molecule has 8 nitrogen and oxygen atoms in total. The van der Waals surface area contributed by atoms with Gasteiger partial charge in [-0.2, -0.15) is 13.2 Å². The highest BCUT2D eigenvalue weighted by atomic mass is 32.2. The van der Waals surface area contributed by atoms with Gasteiger partial charge in [0.2, 0.25) is 0 Å². The lowest BCUT2D eigenvalue weighted by Crippen LogP contribution is -2.44. The van der Waals surface area contributed by atoms with E-state index in [1.54, 1.807) is 18.2 Å². The zero-order valence-electron chi connectivity index (χ0n) is 19.4. The number of pyridine rings is 1. The van der Waals surface area contributed by atoms with Crippen LogP contribution in [0.2, 0.25) is 0 Å². The molecule has 0 bridgehead atoms. The fourth-order valence-corrected chi connectivity index (χ4v) is 6.07. The number of anilines is 1. The lowest BCUT2D eigenvalue weighted by molar-refractivity contribution is -0.192. The van der Waals surface area contributed by atoms with Crippen molar-refractivity contribution in [1.29, 1.82) is 0 Å². The van der Waals surface area contributed by atoms with Gasteiger partial charge in [0.15, 0.2) is 0 Å². The monoisotopic (exact) mass is 537 g/mol. The fourth-order valence-electron chi connectivity index (χ4n) is 4.98. The van der Waals surface area contributed by atoms with Gasteiger partial charge in [0.25, 0.3) is 10.0 Å². The second-order valence-corrected chi connectivity index (χ2v) is 10.6. The predicted octanol–water partition coefficient (Wildman–Crippen LogP) is 4.65. The molecule has 0 aliphatic carbocycles. The number of hydrogen-bond acceptors (Lipinski definition) is 7. The second kappa shape index (κ2) is 9.86. The highest BCUT2D eigenvalue weighted by Gasteiger charge is 2.47. The predicted molar refractivity (Wildman–Crippen MR) is 125 cm³/mol. The molecule has 2 aliphatic heterocycles. The number of ether oxygens (including phenoxy) is 1. The van der Waals surface area contributed by atoms with E-state index in [0.29, 0.717) is 17.7 Å². The summed E-state index contributed by atoms with van der Waals surface area (Å²) in [5, 5.41) is 0. The highest BCUT2D eigenvalue weighted by molar-refractivity contribution is 7.92. The van der Waals surface area contributed by atoms with Crippen molar-refractivity contribution in [2.24, 2.45) is 5.92 Å². The van der Waals surface area contributed by atoms with Gasteiger partial charge in [-0.3, -0.25) is 14.6 Å². The molecule has 2 aromatic heterocycles. The number of likely N-dealkylation sites (tertiary alicyclic amines) is 1. The number of sulfonamides is 1. The number of nitrogens with one attached hydrogen (secondary N) is 1. The summed E-state index contributed by atoms with van der Waals surface area (Å²) in [6, 6.07) is 7.49. The molecule has 0 saturated carbocycles. The molecular weight excluding hydrogens is 514 g/mol. The number of rotatable bonds is 5. The molecule has 3 atom stereocenters. The van der Waals surface area contributed by atoms with E-state index in [2.05, 4.69) is 19.7 Å². The Hall–Kier alpha value is -3.32. The van der Waals surface area contributed by atoms with E-state index in [0.717, 1.165) is 18.5 Å². The molecule has 4 heterocycles. The summed E-state index contributed by atoms with van der Waals surface area (Å²) in [5.41, 5.74) is 0.884. The number of halogens is 4. The fraction of sp³-hybridized carbons (Fsp3) is 0.375. The summed E-state index contributed by atoms with van der Waals surface area (Å²) in [5.74, 6) is -2.35. The van der Waals surface area contributed by atoms with Crippen molar-refractivity contribution in [3.63, 3.8) is 0 Å². The molecule has 1 aromatic carbocycles. The van der Waals surface area contributed by atoms with Crippen LogP contribution in [0.25, 0.3) is 0 Å². The maximum absolute atomic E-state index is 15.3. The number of nitrogens with zero attached hydrogens (tertiary/aromatic N) is 4. The summed E-state index contributed by atoms with van der Waals surface area (Å²) in [6.07, 6.45) is -0.195. The Morgan fingerprint density at radius 1 is 1.05 bits per heavy atom. The van der Waals surface area contributed by atoms with E-state index in [9.17, 15) is 21.6 Å². The molecular formula is C24H23F4N5O3S. The Labute approximate surface area is 210 Å². The minimum absolute atomic E-state index is 0.0309. The minimum Gasteiger partial charge on any atom is -0.493 e. The Bertz CT molecular complexity index is 1360. The van der Waals surface area contributed by atoms with Crippen LogP contribution in [-0.4, -0.2) is 47.6 Å². The van der Waals surface area contributed by atoms with Crippen molar-refractivity contribution in [2.75, 3.05) is 17.9 Å². The van der Waals surface area contributed by atoms with Crippen LogP contribution in [0.1, 0.15) is 42.6 Å². The van der Waals surface area contributed by atoms with Gasteiger partial charge in [0.05, 0.1) is 24.3 Å². The highest BCUT2D eigenvalue weighted by Crippen LogP contribution is 2.48. The van der Waals surface area contributed by atoms with Gasteiger partial charge in [0, 0.05) is 43.0 Å². The van der Waals surface area contributed by atoms with Crippen molar-refractivity contribution in [1.82, 2.24) is 19.9 Å². The normalized spacial score (nSPS) is 22.6. The third kappa shape index (κ3) is 5.23. The van der Waals surface area contributed by atoms with E-state index in [-0.39, 0.29) is 37.6 Å². The maximum atomic E-state index is 15.3. The van der Waals surface area contributed by atoms with Gasteiger partial charge in [-0.05, 0) is 37.1 Å². The zero-order valence-corrected chi connectivity index (χ0v) is 20.2. The summed E-state index contributed by atoms with van der Waals surface area (Å²) in [7, 11) is -4.34. The van der Waals surface area contributed by atoms with E-state index in [1.165, 1.54) is 18.5 Å². The molecule has 1 fully saturated rings. The maximum Gasteiger partial charge on any atom is 0.391 e. The van der Waals surface area contributed by atoms with Crippen LogP contribution < -0.4 is 9.46 Å². The third-order valence-corrected chi connectivity index (χ3v) is 8.09. The van der Waals surface area contributed by atoms with Crippen LogP contribution in [0.5, 0.6) is 5.75 Å². The van der Waals surface area contributed by atoms with Crippen molar-refractivity contribution >= 4 is 15.8 Å². The zero-order chi connectivity index (χ0) is 26.2. The van der Waals surface area contributed by atoms with Gasteiger partial charge in [-0.25, -0.2) is 22.8 Å². The number of fused-ring (bicyclic) bond motifs is 1. The van der Waals surface area contributed by atoms with E-state index in [4.69, 9.17) is 4.74 Å². The molecule has 196 valence electrons. The third-order valence-electron chi connectivity index (χ3n) is 6.72. The van der Waals surface area contributed by atoms with Crippen LogP contribution in [0.3, 0.4) is 0 Å². The van der Waals surface area contributed by atoms with E-state index in [1.807, 2.05) is 4.90 Å². The molecule has 1 saturated heterocycles. The van der Waals surface area contributed by atoms with Crippen LogP contribution in [0.4, 0.5) is 23.4 Å². The minimum atomic E-state index is -4.34. The smallest absolute Gasteiger partial charge is 0.391 e. The first kappa shape index (κ1) is 25.3. The number of aromatic nitrogens is 3. The van der Waals surface area contributed by atoms with E-state index < -0.39 is 44.9 Å². The Morgan fingerprint density at radius 2 is 1.89 bits per heavy atom. The first-order valence-corrected chi connectivity index (χ1v) is 13.1. The molecule has 0 spiro atoms. The van der Waals surface area contributed by atoms with Crippen LogP contribution >= 0.6 is 0 Å². The SMILES string of the molecule is O=S(=O)(Nc1ccncn1)c1cc2c(cc1F)C(N1CC[C@@H](C(F)(F)F)C[C@H]1c1ccccn1)CCO2. The molecule has 0 radical (unpaired) electrons. The first-order chi connectivity index (χ1) is 17.6. The molecule has 5 rings (SSSR count). The van der Waals surface area contributed by atoms with Crippen molar-refractivity contribution in [2.45, 2.75) is 42.4 Å². The summed E-state index contributed by atoms with van der Waals surface area (Å²) in [4.78, 5) is 13.1. The number of benzene rings is 1. The average molecular weight is 538 g/mol. The Morgan fingerprint density at radius 3 is 2.59 bits per heavy atom. The first-order valence-electron chi connectivity index (χ1n) is 11.6. The summed E-state index contributed by atoms with van der Waals surface area (Å²) < 4.78 is 89.8. The number of piperidine rings is 1. The largest absolute Gasteiger partial charge is 0.493 e. The van der Waals surface area contributed by atoms with Crippen molar-refractivity contribution in [3.8, 4) is 5.75 Å². The standard InChI is InChI=1S/C24H23F4N5O3S/c25-17-12-16-19(33-9-5-15(24(26,27)28)11-20(33)18-3-1-2-7-30-18)6-10-36-21(16)13-22(17)37(34,35)32-23-4-8-29-14-31-23/h1-4,7-8,12-15,19-20H,5-6,9-11H2,(H,29,31,32)/t15-,19?,20+/m1/s1. The van der Waals surface area contributed by atoms with Crippen LogP contribution in [0.15, 0.2) is 60.0 Å². The lowest BCUT2D eigenvalue weighted by Gasteiger charge is -2.45. The Kier molecular flexibility index (Phi) is 6.75. The molecule has 37 heavy (non-hydrogen) atoms. The van der Waals surface area contributed by atoms with Gasteiger partial charge in [0.1, 0.15) is 28.6 Å². The number of hydrogen-bond donors (Lipinski definition) is 1. The lowest BCUT2D eigenvalue weighted by atomic mass is 9.85. The molecule has 3 aromatic rings. The molecule has 2 aliphatic rings. The van der Waals surface area contributed by atoms with Gasteiger partial charge in [-0.1, -0.05) is 6.07 Å². The van der Waals surface area contributed by atoms with Crippen molar-refractivity contribution in [3.05, 3.63) is 72.2 Å². The molecule has 13 heteroatoms. The molecule has 0 amide bonds. The Balaban J connectivity index is 1.49. The van der Waals surface area contributed by atoms with Crippen LogP contribution in [0, 0.1) is 11.7 Å². The summed E-state index contributed by atoms with van der Waals surface area (Å²) in [6.45, 7) is 0.308.